The van der Waals surface area contributed by atoms with Crippen LogP contribution in [0.3, 0.4) is 0 Å². The zero-order valence-corrected chi connectivity index (χ0v) is 13.4. The topological polar surface area (TPSA) is 0 Å². The molecule has 0 unspecified atom stereocenters. The summed E-state index contributed by atoms with van der Waals surface area (Å²) in [6.45, 7) is 19.5. The average molecular weight is 489 g/mol. The van der Waals surface area contributed by atoms with Crippen molar-refractivity contribution in [1.29, 1.82) is 0 Å². The maximum absolute atomic E-state index is 3.25. The van der Waals surface area contributed by atoms with Crippen molar-refractivity contribution in [2.75, 3.05) is 0 Å². The van der Waals surface area contributed by atoms with Gasteiger partial charge in [0.25, 0.3) is 0 Å². The van der Waals surface area contributed by atoms with E-state index >= 15 is 0 Å². The smallest absolute Gasteiger partial charge is 0.245 e. The average Bonchev–Trinajstić information content (AvgIpc) is 1.70. The molecule has 0 nitrogen and oxygen atoms in total. The Bertz CT molecular complexity index is 46.3. The normalized spacial score (nSPS) is 3.27. The molecule has 63 valence electrons. The number of allylic oxidation sites excluding steroid dienone is 3. The SMILES string of the molecule is C=C[CH2-].C=C[CH2-].C=C[CH2-].I.[U+3]. The van der Waals surface area contributed by atoms with E-state index in [1.807, 2.05) is 0 Å². The van der Waals surface area contributed by atoms with Gasteiger partial charge in [-0.2, -0.15) is 0 Å². The number of rotatable bonds is 0. The van der Waals surface area contributed by atoms with Gasteiger partial charge in [0, 0.05) is 0 Å². The van der Waals surface area contributed by atoms with E-state index in [1.54, 1.807) is 0 Å². The van der Waals surface area contributed by atoms with Gasteiger partial charge in [0.15, 0.2) is 0 Å². The molecule has 0 saturated heterocycles. The van der Waals surface area contributed by atoms with Gasteiger partial charge in [-0.15, -0.1) is 24.0 Å². The summed E-state index contributed by atoms with van der Waals surface area (Å²) < 4.78 is 0. The van der Waals surface area contributed by atoms with Gasteiger partial charge in [-0.05, 0) is 0 Å². The first-order valence-electron chi connectivity index (χ1n) is 2.45. The first-order chi connectivity index (χ1) is 4.24. The second-order valence-electron chi connectivity index (χ2n) is 0.866. The number of hydrogen-bond acceptors (Lipinski definition) is 0. The summed E-state index contributed by atoms with van der Waals surface area (Å²) in [7, 11) is 0. The molecule has 0 heterocycles. The molecule has 0 bridgehead atoms. The van der Waals surface area contributed by atoms with Crippen LogP contribution >= 0.6 is 24.0 Å². The van der Waals surface area contributed by atoms with Gasteiger partial charge in [-0.1, -0.05) is 0 Å². The summed E-state index contributed by atoms with van der Waals surface area (Å²) in [5.74, 6) is 0. The Hall–Kier alpha value is 0.612. The second-order valence-corrected chi connectivity index (χ2v) is 0.866. The van der Waals surface area contributed by atoms with Gasteiger partial charge >= 0.3 is 31.1 Å². The van der Waals surface area contributed by atoms with E-state index in [4.69, 9.17) is 0 Å². The third-order valence-corrected chi connectivity index (χ3v) is 0. The first kappa shape index (κ1) is 29.9. The maximum atomic E-state index is 3.25. The predicted octanol–water partition coefficient (Wildman–Crippen LogP) is 3.64. The third kappa shape index (κ3) is 2100. The van der Waals surface area contributed by atoms with Crippen LogP contribution in [0.25, 0.3) is 0 Å². The quantitative estimate of drug-likeness (QED) is 0.361. The number of halogens is 1. The molecule has 0 aliphatic carbocycles. The van der Waals surface area contributed by atoms with Crippen LogP contribution in [0.2, 0.25) is 0 Å². The molecule has 0 aliphatic heterocycles. The summed E-state index contributed by atoms with van der Waals surface area (Å²) in [6, 6.07) is 0. The molecule has 2 heteroatoms. The molecule has 0 N–H and O–H groups in total. The predicted molar refractivity (Wildman–Crippen MR) is 62.1 cm³/mol. The van der Waals surface area contributed by atoms with E-state index < -0.39 is 0 Å². The van der Waals surface area contributed by atoms with Crippen LogP contribution in [0.5, 0.6) is 0 Å². The Labute approximate surface area is 113 Å². The van der Waals surface area contributed by atoms with Gasteiger partial charge < -0.3 is 0 Å². The minimum absolute atomic E-state index is 0. The fourth-order valence-electron chi connectivity index (χ4n) is 0. The standard InChI is InChI=1S/3C3H5.HI.U/c3*1-3-2;;/h3*3H,1-2H2;1H;/q3*-1;;+3. The molecule has 11 heavy (non-hydrogen) atoms. The van der Waals surface area contributed by atoms with Crippen LogP contribution in [0.4, 0.5) is 0 Å². The molecule has 0 aromatic rings. The van der Waals surface area contributed by atoms with Crippen LogP contribution in [0.15, 0.2) is 38.0 Å². The maximum Gasteiger partial charge on any atom is 3.00 e. The molecule has 0 saturated carbocycles. The van der Waals surface area contributed by atoms with Crippen molar-refractivity contribution in [2.24, 2.45) is 0 Å². The molecule has 0 amide bonds. The third-order valence-electron chi connectivity index (χ3n) is 0. The van der Waals surface area contributed by atoms with Crippen molar-refractivity contribution < 1.29 is 31.1 Å². The Morgan fingerprint density at radius 2 is 0.727 bits per heavy atom. The zero-order valence-electron chi connectivity index (χ0n) is 6.88. The summed E-state index contributed by atoms with van der Waals surface area (Å²) in [6.07, 6.45) is 4.50. The Morgan fingerprint density at radius 1 is 0.727 bits per heavy atom. The molecule has 0 rings (SSSR count). The monoisotopic (exact) mass is 489 g/mol. The van der Waals surface area contributed by atoms with E-state index in [0.29, 0.717) is 0 Å². The fourth-order valence-corrected chi connectivity index (χ4v) is 0. The minimum Gasteiger partial charge on any atom is -0.245 e. The van der Waals surface area contributed by atoms with Crippen LogP contribution < -0.4 is 0 Å². The van der Waals surface area contributed by atoms with Gasteiger partial charge in [0.1, 0.15) is 0 Å². The van der Waals surface area contributed by atoms with Crippen molar-refractivity contribution in [2.45, 2.75) is 0 Å². The summed E-state index contributed by atoms with van der Waals surface area (Å²) in [4.78, 5) is 0. The van der Waals surface area contributed by atoms with E-state index in [9.17, 15) is 0 Å². The molecular formula is C9H16IU. The molecule has 0 spiro atoms. The largest absolute Gasteiger partial charge is 3.00 e. The van der Waals surface area contributed by atoms with Crippen LogP contribution in [0, 0.1) is 51.9 Å². The Balaban J connectivity index is -0.0000000150. The van der Waals surface area contributed by atoms with Crippen molar-refractivity contribution in [3.05, 3.63) is 58.7 Å². The Kier molecular flexibility index (Phi) is 204. The second kappa shape index (κ2) is 75.2. The molecule has 1 radical (unpaired) electrons. The molecule has 0 atom stereocenters. The van der Waals surface area contributed by atoms with Gasteiger partial charge in [-0.25, -0.2) is 58.7 Å². The molecule has 0 aromatic heterocycles. The first-order valence-corrected chi connectivity index (χ1v) is 2.45. The summed E-state index contributed by atoms with van der Waals surface area (Å²) in [5, 5.41) is 0. The van der Waals surface area contributed by atoms with Gasteiger partial charge in [-0.3, -0.25) is 0 Å². The zero-order chi connectivity index (χ0) is 8.12. The molecule has 0 fully saturated rings. The minimum atomic E-state index is 0. The van der Waals surface area contributed by atoms with Gasteiger partial charge in [0.2, 0.25) is 0 Å². The Morgan fingerprint density at radius 3 is 0.727 bits per heavy atom. The fraction of sp³-hybridized carbons (Fsp3) is 0. The molecule has 0 aliphatic rings. The van der Waals surface area contributed by atoms with E-state index in [1.165, 1.54) is 18.2 Å². The summed E-state index contributed by atoms with van der Waals surface area (Å²) >= 11 is 0. The summed E-state index contributed by atoms with van der Waals surface area (Å²) in [5.41, 5.74) is 0. The van der Waals surface area contributed by atoms with Crippen molar-refractivity contribution >= 4 is 24.0 Å². The van der Waals surface area contributed by atoms with Crippen molar-refractivity contribution in [3.8, 4) is 0 Å². The van der Waals surface area contributed by atoms with E-state index in [-0.39, 0.29) is 55.1 Å². The van der Waals surface area contributed by atoms with Gasteiger partial charge in [0.05, 0.1) is 0 Å². The van der Waals surface area contributed by atoms with Crippen LogP contribution in [-0.4, -0.2) is 0 Å². The van der Waals surface area contributed by atoms with Crippen LogP contribution in [0.1, 0.15) is 0 Å². The van der Waals surface area contributed by atoms with E-state index in [2.05, 4.69) is 40.5 Å². The molecular weight excluding hydrogens is 473 g/mol. The van der Waals surface area contributed by atoms with Crippen LogP contribution in [-0.2, 0) is 0 Å². The molecule has 0 aromatic carbocycles. The van der Waals surface area contributed by atoms with E-state index in [0.717, 1.165) is 0 Å². The van der Waals surface area contributed by atoms with Crippen molar-refractivity contribution in [3.63, 3.8) is 0 Å². The number of hydrogen-bond donors (Lipinski definition) is 0. The van der Waals surface area contributed by atoms with Crippen molar-refractivity contribution in [1.82, 2.24) is 0 Å².